The largest absolute Gasteiger partial charge is 0.332 e. The first kappa shape index (κ1) is 15.8. The number of thiophene rings is 1. The summed E-state index contributed by atoms with van der Waals surface area (Å²) in [6.07, 6.45) is 0.831. The van der Waals surface area contributed by atoms with Gasteiger partial charge in [-0.15, -0.1) is 11.3 Å². The van der Waals surface area contributed by atoms with Gasteiger partial charge in [0.2, 0.25) is 5.43 Å². The Morgan fingerprint density at radius 3 is 2.80 bits per heavy atom. The number of hydrogen-bond donors (Lipinski definition) is 0. The summed E-state index contributed by atoms with van der Waals surface area (Å²) in [7, 11) is 0. The molecule has 1 aliphatic rings. The first-order valence-corrected chi connectivity index (χ1v) is 9.02. The van der Waals surface area contributed by atoms with E-state index in [4.69, 9.17) is 0 Å². The highest BCUT2D eigenvalue weighted by atomic mass is 32.1. The first-order chi connectivity index (χ1) is 12.1. The molecule has 0 fully saturated rings. The molecule has 0 saturated carbocycles. The smallest absolute Gasteiger partial charge is 0.278 e. The van der Waals surface area contributed by atoms with E-state index in [2.05, 4.69) is 5.10 Å². The molecule has 0 unspecified atom stereocenters. The van der Waals surface area contributed by atoms with Gasteiger partial charge in [0, 0.05) is 29.7 Å². The molecule has 3 heterocycles. The van der Waals surface area contributed by atoms with Gasteiger partial charge in [0.05, 0.1) is 5.69 Å². The van der Waals surface area contributed by atoms with Crippen LogP contribution in [0.4, 0.5) is 0 Å². The molecular formula is C19H17N3O2S. The number of fused-ring (bicyclic) bond motifs is 1. The minimum absolute atomic E-state index is 0.0202. The van der Waals surface area contributed by atoms with E-state index in [1.807, 2.05) is 48.7 Å². The van der Waals surface area contributed by atoms with Crippen LogP contribution in [0, 0.1) is 6.92 Å². The molecule has 0 radical (unpaired) electrons. The third kappa shape index (κ3) is 2.89. The Morgan fingerprint density at radius 2 is 2.00 bits per heavy atom. The van der Waals surface area contributed by atoms with Crippen LogP contribution in [0.2, 0.25) is 0 Å². The monoisotopic (exact) mass is 351 g/mol. The average molecular weight is 351 g/mol. The second-order valence-electron chi connectivity index (χ2n) is 6.09. The summed E-state index contributed by atoms with van der Waals surface area (Å²) in [4.78, 5) is 28.3. The van der Waals surface area contributed by atoms with Gasteiger partial charge in [-0.05, 0) is 42.5 Å². The van der Waals surface area contributed by atoms with E-state index in [1.165, 1.54) is 16.5 Å². The summed E-state index contributed by atoms with van der Waals surface area (Å²) in [5.41, 5.74) is 2.35. The second kappa shape index (κ2) is 6.29. The zero-order chi connectivity index (χ0) is 17.4. The molecule has 0 saturated heterocycles. The molecule has 0 spiro atoms. The lowest BCUT2D eigenvalue weighted by Crippen LogP contribution is -2.39. The van der Waals surface area contributed by atoms with Crippen LogP contribution in [0.15, 0.2) is 52.6 Å². The Hall–Kier alpha value is -2.73. The Balaban J connectivity index is 1.71. The fraction of sp³-hybridized carbons (Fsp3) is 0.211. The summed E-state index contributed by atoms with van der Waals surface area (Å²) in [5.74, 6) is -0.300. The number of carbonyl (C=O) groups excluding carboxylic acids is 1. The van der Waals surface area contributed by atoms with E-state index in [1.54, 1.807) is 20.9 Å². The normalized spacial score (nSPS) is 13.6. The predicted molar refractivity (Wildman–Crippen MR) is 97.3 cm³/mol. The summed E-state index contributed by atoms with van der Waals surface area (Å²) in [6, 6.07) is 13.0. The van der Waals surface area contributed by atoms with Crippen molar-refractivity contribution in [3.63, 3.8) is 0 Å². The maximum atomic E-state index is 12.9. The molecule has 3 aromatic rings. The number of benzene rings is 1. The maximum Gasteiger partial charge on any atom is 0.278 e. The minimum Gasteiger partial charge on any atom is -0.332 e. The molecule has 1 aliphatic heterocycles. The molecule has 25 heavy (non-hydrogen) atoms. The maximum absolute atomic E-state index is 12.9. The fourth-order valence-corrected chi connectivity index (χ4v) is 3.99. The van der Waals surface area contributed by atoms with E-state index in [-0.39, 0.29) is 17.0 Å². The van der Waals surface area contributed by atoms with Crippen LogP contribution in [0.1, 0.15) is 26.6 Å². The lowest BCUT2D eigenvalue weighted by Gasteiger charge is -2.26. The molecule has 0 N–H and O–H groups in total. The first-order valence-electron chi connectivity index (χ1n) is 8.14. The van der Waals surface area contributed by atoms with Crippen LogP contribution < -0.4 is 5.43 Å². The zero-order valence-electron chi connectivity index (χ0n) is 13.8. The number of amides is 1. The highest BCUT2D eigenvalue weighted by molar-refractivity contribution is 7.10. The van der Waals surface area contributed by atoms with Gasteiger partial charge in [-0.1, -0.05) is 18.2 Å². The van der Waals surface area contributed by atoms with Gasteiger partial charge in [0.15, 0.2) is 5.69 Å². The van der Waals surface area contributed by atoms with Gasteiger partial charge in [-0.25, -0.2) is 4.68 Å². The molecule has 4 rings (SSSR count). The van der Waals surface area contributed by atoms with Crippen molar-refractivity contribution in [1.29, 1.82) is 0 Å². The summed E-state index contributed by atoms with van der Waals surface area (Å²) in [6.45, 7) is 2.97. The number of rotatable bonds is 2. The summed E-state index contributed by atoms with van der Waals surface area (Å²) >= 11 is 1.72. The molecule has 2 aromatic heterocycles. The third-order valence-electron chi connectivity index (χ3n) is 4.41. The Bertz CT molecular complexity index is 991. The van der Waals surface area contributed by atoms with E-state index in [0.717, 1.165) is 12.1 Å². The number of hydrogen-bond acceptors (Lipinski definition) is 4. The van der Waals surface area contributed by atoms with Crippen molar-refractivity contribution < 1.29 is 4.79 Å². The number of aromatic nitrogens is 2. The lowest BCUT2D eigenvalue weighted by atomic mass is 10.1. The molecule has 0 bridgehead atoms. The zero-order valence-corrected chi connectivity index (χ0v) is 14.6. The van der Waals surface area contributed by atoms with Crippen molar-refractivity contribution >= 4 is 17.2 Å². The number of carbonyl (C=O) groups is 1. The minimum atomic E-state index is -0.328. The molecule has 1 aromatic carbocycles. The number of aryl methyl sites for hydroxylation is 1. The second-order valence-corrected chi connectivity index (χ2v) is 7.09. The van der Waals surface area contributed by atoms with Crippen LogP contribution >= 0.6 is 11.3 Å². The van der Waals surface area contributed by atoms with E-state index < -0.39 is 0 Å². The highest BCUT2D eigenvalue weighted by Gasteiger charge is 2.26. The van der Waals surface area contributed by atoms with E-state index >= 15 is 0 Å². The van der Waals surface area contributed by atoms with Crippen molar-refractivity contribution in [2.45, 2.75) is 19.9 Å². The SMILES string of the molecule is Cc1cc(=O)c(C(=O)N2CCc3sccc3C2)nn1-c1ccccc1. The van der Waals surface area contributed by atoms with Crippen molar-refractivity contribution in [3.05, 3.63) is 79.9 Å². The predicted octanol–water partition coefficient (Wildman–Crippen LogP) is 2.80. The Morgan fingerprint density at radius 1 is 1.20 bits per heavy atom. The summed E-state index contributed by atoms with van der Waals surface area (Å²) in [5, 5.41) is 6.42. The molecule has 126 valence electrons. The molecular weight excluding hydrogens is 334 g/mol. The van der Waals surface area contributed by atoms with Crippen molar-refractivity contribution in [2.24, 2.45) is 0 Å². The van der Waals surface area contributed by atoms with Gasteiger partial charge >= 0.3 is 0 Å². The fourth-order valence-electron chi connectivity index (χ4n) is 3.10. The van der Waals surface area contributed by atoms with Crippen LogP contribution in [-0.4, -0.2) is 27.1 Å². The topological polar surface area (TPSA) is 55.2 Å². The Labute approximate surface area is 149 Å². The van der Waals surface area contributed by atoms with Crippen LogP contribution in [-0.2, 0) is 13.0 Å². The number of para-hydroxylation sites is 1. The van der Waals surface area contributed by atoms with Gasteiger partial charge in [0.1, 0.15) is 0 Å². The lowest BCUT2D eigenvalue weighted by molar-refractivity contribution is 0.0726. The molecule has 0 atom stereocenters. The van der Waals surface area contributed by atoms with Gasteiger partial charge in [0.25, 0.3) is 5.91 Å². The highest BCUT2D eigenvalue weighted by Crippen LogP contribution is 2.24. The van der Waals surface area contributed by atoms with Crippen LogP contribution in [0.25, 0.3) is 5.69 Å². The van der Waals surface area contributed by atoms with E-state index in [9.17, 15) is 9.59 Å². The van der Waals surface area contributed by atoms with Gasteiger partial charge < -0.3 is 4.90 Å². The van der Waals surface area contributed by atoms with E-state index in [0.29, 0.717) is 18.8 Å². The van der Waals surface area contributed by atoms with Crippen molar-refractivity contribution in [3.8, 4) is 5.69 Å². The van der Waals surface area contributed by atoms with Crippen LogP contribution in [0.3, 0.4) is 0 Å². The molecule has 6 heteroatoms. The quantitative estimate of drug-likeness (QED) is 0.713. The molecule has 0 aliphatic carbocycles. The van der Waals surface area contributed by atoms with Gasteiger partial charge in [-0.2, -0.15) is 5.10 Å². The third-order valence-corrected chi connectivity index (χ3v) is 5.43. The Kier molecular flexibility index (Phi) is 3.97. The van der Waals surface area contributed by atoms with Crippen LogP contribution in [0.5, 0.6) is 0 Å². The number of nitrogens with zero attached hydrogens (tertiary/aromatic N) is 3. The molecule has 1 amide bonds. The summed E-state index contributed by atoms with van der Waals surface area (Å²) < 4.78 is 1.65. The van der Waals surface area contributed by atoms with Gasteiger partial charge in [-0.3, -0.25) is 9.59 Å². The molecule has 5 nitrogen and oxygen atoms in total. The van der Waals surface area contributed by atoms with Crippen molar-refractivity contribution in [1.82, 2.24) is 14.7 Å². The van der Waals surface area contributed by atoms with Crippen molar-refractivity contribution in [2.75, 3.05) is 6.54 Å². The standard InChI is InChI=1S/C19H17N3O2S/c1-13-11-16(23)18(20-22(13)15-5-3-2-4-6-15)19(24)21-9-7-17-14(12-21)8-10-25-17/h2-6,8,10-11H,7,9,12H2,1H3. The average Bonchev–Trinajstić information content (AvgIpc) is 3.10.